The zero-order valence-corrected chi connectivity index (χ0v) is 23.3. The number of nitrogens with zero attached hydrogens (tertiary/aromatic N) is 4. The normalized spacial score (nSPS) is 22.4. The molecule has 0 bridgehead atoms. The van der Waals surface area contributed by atoms with E-state index in [4.69, 9.17) is 9.47 Å². The molecule has 0 radical (unpaired) electrons. The summed E-state index contributed by atoms with van der Waals surface area (Å²) in [4.78, 5) is 13.6. The van der Waals surface area contributed by atoms with Crippen LogP contribution in [0, 0.1) is 0 Å². The van der Waals surface area contributed by atoms with Crippen molar-refractivity contribution in [2.24, 2.45) is 0 Å². The predicted molar refractivity (Wildman–Crippen MR) is 156 cm³/mol. The lowest BCUT2D eigenvalue weighted by atomic mass is 9.77. The topological polar surface area (TPSA) is 115 Å². The number of ether oxygens (including phenoxy) is 2. The first-order chi connectivity index (χ1) is 20.5. The second-order valence-corrected chi connectivity index (χ2v) is 10.4. The van der Waals surface area contributed by atoms with Crippen LogP contribution in [-0.4, -0.2) is 61.3 Å². The molecule has 0 unspecified atom stereocenters. The summed E-state index contributed by atoms with van der Waals surface area (Å²) in [6.45, 7) is 1.21. The van der Waals surface area contributed by atoms with Gasteiger partial charge in [-0.25, -0.2) is 19.3 Å². The Bertz CT molecular complexity index is 1610. The summed E-state index contributed by atoms with van der Waals surface area (Å²) in [5, 5.41) is 24.3. The Hall–Kier alpha value is -4.38. The number of halogens is 1. The number of rotatable bonds is 9. The van der Waals surface area contributed by atoms with E-state index >= 15 is 4.39 Å². The van der Waals surface area contributed by atoms with Crippen molar-refractivity contribution in [3.8, 4) is 5.75 Å². The van der Waals surface area contributed by atoms with Crippen molar-refractivity contribution in [3.05, 3.63) is 114 Å². The van der Waals surface area contributed by atoms with E-state index in [2.05, 4.69) is 20.3 Å². The van der Waals surface area contributed by atoms with Gasteiger partial charge < -0.3 is 25.0 Å². The van der Waals surface area contributed by atoms with Crippen LogP contribution in [0.5, 0.6) is 5.75 Å². The third-order valence-electron chi connectivity index (χ3n) is 8.21. The van der Waals surface area contributed by atoms with Gasteiger partial charge in [0.15, 0.2) is 29.4 Å². The summed E-state index contributed by atoms with van der Waals surface area (Å²) in [6, 6.07) is 27.8. The molecule has 10 heteroatoms. The molecule has 6 rings (SSSR count). The fourth-order valence-corrected chi connectivity index (χ4v) is 5.81. The van der Waals surface area contributed by atoms with Crippen LogP contribution in [-0.2, 0) is 10.3 Å². The predicted octanol–water partition coefficient (Wildman–Crippen LogP) is 4.61. The van der Waals surface area contributed by atoms with Crippen molar-refractivity contribution >= 4 is 17.0 Å². The first kappa shape index (κ1) is 27.8. The van der Waals surface area contributed by atoms with Crippen LogP contribution in [0.15, 0.2) is 97.6 Å². The van der Waals surface area contributed by atoms with Crippen molar-refractivity contribution in [2.45, 2.75) is 43.0 Å². The van der Waals surface area contributed by atoms with Gasteiger partial charge in [0, 0.05) is 0 Å². The van der Waals surface area contributed by atoms with E-state index in [1.54, 1.807) is 14.0 Å². The number of aliphatic hydroxyl groups is 2. The van der Waals surface area contributed by atoms with E-state index in [-0.39, 0.29) is 6.42 Å². The first-order valence-electron chi connectivity index (χ1n) is 13.8. The number of aromatic nitrogens is 4. The number of methoxy groups -OCH3 is 1. The zero-order chi connectivity index (χ0) is 29.3. The van der Waals surface area contributed by atoms with Gasteiger partial charge in [0.1, 0.15) is 29.3 Å². The van der Waals surface area contributed by atoms with Gasteiger partial charge in [0.05, 0.1) is 20.0 Å². The molecule has 216 valence electrons. The SMILES string of the molecule is CC[C@]1(CO)O[C@@H](n2cnc3c(NC(c4ccccc4)(c4ccccc4)c4ccc(OC)cc4)ncnc32)[C@H](F)[C@@H]1O. The average Bonchev–Trinajstić information content (AvgIpc) is 3.60. The molecule has 1 aliphatic heterocycles. The Kier molecular flexibility index (Phi) is 7.36. The lowest BCUT2D eigenvalue weighted by Gasteiger charge is -2.37. The molecule has 3 heterocycles. The van der Waals surface area contributed by atoms with Gasteiger partial charge in [-0.2, -0.15) is 0 Å². The third-order valence-corrected chi connectivity index (χ3v) is 8.21. The Morgan fingerprint density at radius 1 is 0.952 bits per heavy atom. The Labute approximate surface area is 242 Å². The highest BCUT2D eigenvalue weighted by atomic mass is 19.1. The molecule has 5 aromatic rings. The summed E-state index contributed by atoms with van der Waals surface area (Å²) in [7, 11) is 1.63. The monoisotopic (exact) mass is 569 g/mol. The molecule has 1 saturated heterocycles. The Morgan fingerprint density at radius 3 is 2.12 bits per heavy atom. The second-order valence-electron chi connectivity index (χ2n) is 10.4. The number of aliphatic hydroxyl groups excluding tert-OH is 2. The molecule has 2 aromatic heterocycles. The highest BCUT2D eigenvalue weighted by molar-refractivity contribution is 5.84. The quantitative estimate of drug-likeness (QED) is 0.221. The summed E-state index contributed by atoms with van der Waals surface area (Å²) in [6.07, 6.45) is -1.49. The maximum absolute atomic E-state index is 15.4. The standard InChI is InChI=1S/C32H32FN5O4/c1-3-31(18-39)27(40)25(33)30(42-31)38-20-36-26-28(34-19-35-29(26)38)37-32(21-10-6-4-7-11-21,22-12-8-5-9-13-22)23-14-16-24(41-2)17-15-23/h4-17,19-20,25,27,30,39-40H,3,18H2,1-2H3,(H,34,35,37)/t25-,27+,30-,31-/m1/s1. The van der Waals surface area contributed by atoms with Gasteiger partial charge in [-0.05, 0) is 35.2 Å². The largest absolute Gasteiger partial charge is 0.497 e. The number of anilines is 1. The lowest BCUT2D eigenvalue weighted by molar-refractivity contribution is -0.128. The fraction of sp³-hybridized carbons (Fsp3) is 0.281. The first-order valence-corrected chi connectivity index (χ1v) is 13.8. The maximum Gasteiger partial charge on any atom is 0.174 e. The molecule has 42 heavy (non-hydrogen) atoms. The molecule has 0 amide bonds. The number of fused-ring (bicyclic) bond motifs is 1. The summed E-state index contributed by atoms with van der Waals surface area (Å²) >= 11 is 0. The molecule has 3 aromatic carbocycles. The van der Waals surface area contributed by atoms with E-state index in [1.807, 2.05) is 84.9 Å². The van der Waals surface area contributed by atoms with Crippen LogP contribution in [0.4, 0.5) is 10.2 Å². The Balaban J connectivity index is 1.52. The maximum atomic E-state index is 15.4. The van der Waals surface area contributed by atoms with Gasteiger partial charge in [-0.15, -0.1) is 0 Å². The molecule has 0 spiro atoms. The van der Waals surface area contributed by atoms with E-state index in [0.717, 1.165) is 22.4 Å². The minimum Gasteiger partial charge on any atom is -0.497 e. The second kappa shape index (κ2) is 11.1. The Morgan fingerprint density at radius 2 is 1.57 bits per heavy atom. The number of hydrogen-bond donors (Lipinski definition) is 3. The number of imidazole rings is 1. The van der Waals surface area contributed by atoms with Crippen LogP contribution in [0.1, 0.15) is 36.3 Å². The molecule has 3 N–H and O–H groups in total. The van der Waals surface area contributed by atoms with E-state index in [1.165, 1.54) is 17.2 Å². The smallest absolute Gasteiger partial charge is 0.174 e. The minimum atomic E-state index is -1.80. The molecular formula is C32H32FN5O4. The van der Waals surface area contributed by atoms with Crippen molar-refractivity contribution in [2.75, 3.05) is 19.0 Å². The highest BCUT2D eigenvalue weighted by Crippen LogP contribution is 2.44. The van der Waals surface area contributed by atoms with E-state index in [9.17, 15) is 10.2 Å². The minimum absolute atomic E-state index is 0.231. The molecule has 1 fully saturated rings. The molecule has 1 aliphatic rings. The molecule has 4 atom stereocenters. The van der Waals surface area contributed by atoms with Crippen LogP contribution in [0.3, 0.4) is 0 Å². The fourth-order valence-electron chi connectivity index (χ4n) is 5.81. The summed E-state index contributed by atoms with van der Waals surface area (Å²) in [5.41, 5.74) is 1.21. The van der Waals surface area contributed by atoms with Crippen molar-refractivity contribution in [3.63, 3.8) is 0 Å². The molecule has 0 saturated carbocycles. The molecule has 9 nitrogen and oxygen atoms in total. The van der Waals surface area contributed by atoms with Gasteiger partial charge in [-0.1, -0.05) is 79.7 Å². The van der Waals surface area contributed by atoms with Gasteiger partial charge >= 0.3 is 0 Å². The van der Waals surface area contributed by atoms with Crippen molar-refractivity contribution < 1.29 is 24.1 Å². The summed E-state index contributed by atoms with van der Waals surface area (Å²) < 4.78 is 28.3. The van der Waals surface area contributed by atoms with E-state index in [0.29, 0.717) is 17.0 Å². The van der Waals surface area contributed by atoms with Gasteiger partial charge in [-0.3, -0.25) is 4.57 Å². The van der Waals surface area contributed by atoms with Crippen LogP contribution in [0.25, 0.3) is 11.2 Å². The van der Waals surface area contributed by atoms with Crippen molar-refractivity contribution in [1.82, 2.24) is 19.5 Å². The molecular weight excluding hydrogens is 537 g/mol. The number of hydrogen-bond acceptors (Lipinski definition) is 8. The van der Waals surface area contributed by atoms with E-state index < -0.39 is 36.3 Å². The molecule has 0 aliphatic carbocycles. The number of nitrogens with one attached hydrogen (secondary N) is 1. The highest BCUT2D eigenvalue weighted by Gasteiger charge is 2.55. The van der Waals surface area contributed by atoms with Gasteiger partial charge in [0.2, 0.25) is 0 Å². The summed E-state index contributed by atoms with van der Waals surface area (Å²) in [5.74, 6) is 1.14. The lowest BCUT2D eigenvalue weighted by Crippen LogP contribution is -2.44. The van der Waals surface area contributed by atoms with Crippen LogP contribution >= 0.6 is 0 Å². The van der Waals surface area contributed by atoms with Gasteiger partial charge in [0.25, 0.3) is 0 Å². The van der Waals surface area contributed by atoms with Crippen LogP contribution in [0.2, 0.25) is 0 Å². The van der Waals surface area contributed by atoms with Crippen LogP contribution < -0.4 is 10.1 Å². The number of alkyl halides is 1. The number of benzene rings is 3. The average molecular weight is 570 g/mol. The third kappa shape index (κ3) is 4.39. The zero-order valence-electron chi connectivity index (χ0n) is 23.3. The van der Waals surface area contributed by atoms with Crippen molar-refractivity contribution in [1.29, 1.82) is 0 Å².